The number of Topliss-reactive ketones (excluding diaryl/α,β-unsaturated/α-hetero) is 2. The molecule has 1 aliphatic carbocycles. The fourth-order valence-electron chi connectivity index (χ4n) is 4.35. The lowest BCUT2D eigenvalue weighted by Gasteiger charge is -2.16. The highest BCUT2D eigenvalue weighted by Gasteiger charge is 2.77. The summed E-state index contributed by atoms with van der Waals surface area (Å²) in [6.45, 7) is 1.84. The number of carbonyl (C=O) groups is 3. The van der Waals surface area contributed by atoms with E-state index in [9.17, 15) is 14.4 Å². The summed E-state index contributed by atoms with van der Waals surface area (Å²) in [5.41, 5.74) is 0.0977. The summed E-state index contributed by atoms with van der Waals surface area (Å²) in [5.74, 6) is -2.61. The van der Waals surface area contributed by atoms with Crippen LogP contribution in [0.4, 0.5) is 0 Å². The maximum Gasteiger partial charge on any atom is 0.321 e. The Labute approximate surface area is 175 Å². The molecule has 0 heterocycles. The normalized spacial score (nSPS) is 22.2. The van der Waals surface area contributed by atoms with Crippen molar-refractivity contribution in [2.75, 3.05) is 6.61 Å². The van der Waals surface area contributed by atoms with Crippen LogP contribution in [-0.2, 0) is 9.53 Å². The van der Waals surface area contributed by atoms with Gasteiger partial charge in [-0.15, -0.1) is 0 Å². The third kappa shape index (κ3) is 3.14. The molecule has 4 nitrogen and oxygen atoms in total. The molecule has 3 aromatic rings. The molecule has 0 spiro atoms. The van der Waals surface area contributed by atoms with Gasteiger partial charge in [0.25, 0.3) is 0 Å². The van der Waals surface area contributed by atoms with Gasteiger partial charge < -0.3 is 4.74 Å². The van der Waals surface area contributed by atoms with Crippen LogP contribution in [0, 0.1) is 11.3 Å². The van der Waals surface area contributed by atoms with Crippen LogP contribution in [0.2, 0.25) is 0 Å². The zero-order chi connectivity index (χ0) is 21.1. The first-order valence-electron chi connectivity index (χ1n) is 10.0. The van der Waals surface area contributed by atoms with Gasteiger partial charge in [-0.05, 0) is 12.5 Å². The zero-order valence-electron chi connectivity index (χ0n) is 16.7. The maximum absolute atomic E-state index is 13.7. The van der Waals surface area contributed by atoms with Gasteiger partial charge in [-0.2, -0.15) is 0 Å². The van der Waals surface area contributed by atoms with Crippen LogP contribution < -0.4 is 0 Å². The summed E-state index contributed by atoms with van der Waals surface area (Å²) >= 11 is 0. The fraction of sp³-hybridized carbons (Fsp3) is 0.192. The van der Waals surface area contributed by atoms with Crippen LogP contribution in [0.15, 0.2) is 91.0 Å². The van der Waals surface area contributed by atoms with Gasteiger partial charge in [0, 0.05) is 17.0 Å². The average Bonchev–Trinajstić information content (AvgIpc) is 3.51. The predicted octanol–water partition coefficient (Wildman–Crippen LogP) is 4.72. The Kier molecular flexibility index (Phi) is 5.32. The van der Waals surface area contributed by atoms with Crippen molar-refractivity contribution >= 4 is 17.5 Å². The molecular formula is C26H22O4. The lowest BCUT2D eigenvalue weighted by atomic mass is 9.88. The summed E-state index contributed by atoms with van der Waals surface area (Å²) in [5, 5.41) is 0. The van der Waals surface area contributed by atoms with Crippen LogP contribution in [0.3, 0.4) is 0 Å². The molecule has 150 valence electrons. The van der Waals surface area contributed by atoms with Crippen LogP contribution in [0.5, 0.6) is 0 Å². The lowest BCUT2D eigenvalue weighted by Crippen LogP contribution is -2.33. The average molecular weight is 398 g/mol. The third-order valence-corrected chi connectivity index (χ3v) is 5.73. The van der Waals surface area contributed by atoms with Crippen LogP contribution in [0.25, 0.3) is 0 Å². The second-order valence-corrected chi connectivity index (χ2v) is 7.38. The first-order chi connectivity index (χ1) is 14.6. The second-order valence-electron chi connectivity index (χ2n) is 7.38. The zero-order valence-corrected chi connectivity index (χ0v) is 16.7. The quantitative estimate of drug-likeness (QED) is 0.328. The highest BCUT2D eigenvalue weighted by molar-refractivity contribution is 6.22. The topological polar surface area (TPSA) is 60.4 Å². The Balaban J connectivity index is 1.87. The van der Waals surface area contributed by atoms with Crippen LogP contribution >= 0.6 is 0 Å². The lowest BCUT2D eigenvalue weighted by molar-refractivity contribution is -0.148. The first kappa shape index (κ1) is 19.8. The van der Waals surface area contributed by atoms with Gasteiger partial charge in [-0.3, -0.25) is 14.4 Å². The monoisotopic (exact) mass is 398 g/mol. The molecule has 4 rings (SSSR count). The minimum Gasteiger partial charge on any atom is -0.465 e. The molecule has 1 fully saturated rings. The molecule has 4 heteroatoms. The van der Waals surface area contributed by atoms with Gasteiger partial charge in [0.05, 0.1) is 12.5 Å². The summed E-state index contributed by atoms with van der Waals surface area (Å²) < 4.78 is 5.37. The van der Waals surface area contributed by atoms with E-state index in [1.165, 1.54) is 0 Å². The van der Waals surface area contributed by atoms with Gasteiger partial charge in [0.2, 0.25) is 0 Å². The maximum atomic E-state index is 13.7. The van der Waals surface area contributed by atoms with Gasteiger partial charge in [-0.25, -0.2) is 0 Å². The van der Waals surface area contributed by atoms with E-state index < -0.39 is 23.2 Å². The summed E-state index contributed by atoms with van der Waals surface area (Å²) in [6, 6.07) is 26.7. The smallest absolute Gasteiger partial charge is 0.321 e. The van der Waals surface area contributed by atoms with E-state index >= 15 is 0 Å². The van der Waals surface area contributed by atoms with E-state index in [0.29, 0.717) is 11.1 Å². The second kappa shape index (κ2) is 8.07. The molecular weight excluding hydrogens is 376 g/mol. The minimum atomic E-state index is -1.56. The van der Waals surface area contributed by atoms with E-state index in [4.69, 9.17) is 4.74 Å². The van der Waals surface area contributed by atoms with Crippen molar-refractivity contribution in [3.05, 3.63) is 108 Å². The number of esters is 1. The van der Waals surface area contributed by atoms with Crippen molar-refractivity contribution in [2.24, 2.45) is 11.3 Å². The number of hydrogen-bond acceptors (Lipinski definition) is 4. The summed E-state index contributed by atoms with van der Waals surface area (Å²) in [6.07, 6.45) is 0. The van der Waals surface area contributed by atoms with Crippen molar-refractivity contribution < 1.29 is 19.1 Å². The molecule has 0 aromatic heterocycles. The number of ether oxygens (including phenoxy) is 1. The van der Waals surface area contributed by atoms with Gasteiger partial charge in [0.1, 0.15) is 5.41 Å². The highest BCUT2D eigenvalue weighted by Crippen LogP contribution is 2.67. The van der Waals surface area contributed by atoms with E-state index in [0.717, 1.165) is 5.56 Å². The molecule has 0 aliphatic heterocycles. The molecule has 0 N–H and O–H groups in total. The van der Waals surface area contributed by atoms with Crippen LogP contribution in [-0.4, -0.2) is 24.1 Å². The van der Waals surface area contributed by atoms with Gasteiger partial charge >= 0.3 is 5.97 Å². The van der Waals surface area contributed by atoms with E-state index in [-0.39, 0.29) is 18.2 Å². The standard InChI is InChI=1S/C26H22O4/c1-2-30-25(29)26(24(28)20-16-10-5-11-17-20)21(18-12-6-3-7-13-18)22(26)23(27)19-14-8-4-9-15-19/h3-17,21-22H,2H2,1H3/t21-,22+,26-/m1/s1. The largest absolute Gasteiger partial charge is 0.465 e. The SMILES string of the molecule is CCOC(=O)[C@@]1(C(=O)c2ccccc2)[C@H](C(=O)c2ccccc2)[C@H]1c1ccccc1. The Bertz CT molecular complexity index is 1060. The van der Waals surface area contributed by atoms with Gasteiger partial charge in [0.15, 0.2) is 11.6 Å². The van der Waals surface area contributed by atoms with E-state index in [2.05, 4.69) is 0 Å². The molecule has 30 heavy (non-hydrogen) atoms. The first-order valence-corrected chi connectivity index (χ1v) is 10.0. The highest BCUT2D eigenvalue weighted by atomic mass is 16.5. The molecule has 1 saturated carbocycles. The van der Waals surface area contributed by atoms with Crippen LogP contribution in [0.1, 0.15) is 39.1 Å². The number of rotatable bonds is 7. The summed E-state index contributed by atoms with van der Waals surface area (Å²) in [7, 11) is 0. The van der Waals surface area contributed by atoms with Crippen molar-refractivity contribution in [1.82, 2.24) is 0 Å². The van der Waals surface area contributed by atoms with Crippen molar-refractivity contribution in [3.63, 3.8) is 0 Å². The molecule has 0 amide bonds. The van der Waals surface area contributed by atoms with Crippen molar-refractivity contribution in [1.29, 1.82) is 0 Å². The Morgan fingerprint density at radius 3 is 1.80 bits per heavy atom. The summed E-state index contributed by atoms with van der Waals surface area (Å²) in [4.78, 5) is 40.5. The number of hydrogen-bond donors (Lipinski definition) is 0. The number of ketones is 2. The molecule has 0 unspecified atom stereocenters. The Morgan fingerprint density at radius 1 is 0.767 bits per heavy atom. The third-order valence-electron chi connectivity index (χ3n) is 5.73. The van der Waals surface area contributed by atoms with E-state index in [1.54, 1.807) is 55.5 Å². The molecule has 1 aliphatic rings. The number of carbonyl (C=O) groups excluding carboxylic acids is 3. The molecule has 3 atom stereocenters. The van der Waals surface area contributed by atoms with E-state index in [1.807, 2.05) is 42.5 Å². The predicted molar refractivity (Wildman–Crippen MR) is 113 cm³/mol. The molecule has 0 bridgehead atoms. The molecule has 3 aromatic carbocycles. The van der Waals surface area contributed by atoms with Gasteiger partial charge in [-0.1, -0.05) is 91.0 Å². The fourth-order valence-corrected chi connectivity index (χ4v) is 4.35. The number of benzene rings is 3. The van der Waals surface area contributed by atoms with Crippen molar-refractivity contribution in [2.45, 2.75) is 12.8 Å². The Morgan fingerprint density at radius 2 is 1.27 bits per heavy atom. The molecule has 0 radical (unpaired) electrons. The minimum absolute atomic E-state index is 0.135. The van der Waals surface area contributed by atoms with Crippen molar-refractivity contribution in [3.8, 4) is 0 Å². The molecule has 0 saturated heterocycles. The Hall–Kier alpha value is -3.53.